The molecular formula is C15H23NO2. The van der Waals surface area contributed by atoms with Crippen LogP contribution in [-0.4, -0.2) is 31.0 Å². The maximum Gasteiger partial charge on any atom is 0.0897 e. The highest BCUT2D eigenvalue weighted by Crippen LogP contribution is 2.28. The van der Waals surface area contributed by atoms with E-state index in [0.717, 1.165) is 19.1 Å². The zero-order valence-electron chi connectivity index (χ0n) is 11.1. The van der Waals surface area contributed by atoms with Crippen LogP contribution in [0.15, 0.2) is 24.3 Å². The van der Waals surface area contributed by atoms with Gasteiger partial charge in [0.15, 0.2) is 0 Å². The molecule has 0 bridgehead atoms. The number of aryl methyl sites for hydroxylation is 1. The van der Waals surface area contributed by atoms with E-state index >= 15 is 0 Å². The van der Waals surface area contributed by atoms with Crippen LogP contribution in [0, 0.1) is 12.8 Å². The quantitative estimate of drug-likeness (QED) is 0.739. The summed E-state index contributed by atoms with van der Waals surface area (Å²) in [6, 6.07) is 8.29. The summed E-state index contributed by atoms with van der Waals surface area (Å²) in [6.45, 7) is 4.74. The number of nitrogens with one attached hydrogen (secondary N) is 1. The molecule has 0 spiro atoms. The van der Waals surface area contributed by atoms with Crippen LogP contribution >= 0.6 is 0 Å². The van der Waals surface area contributed by atoms with Crippen LogP contribution in [0.4, 0.5) is 0 Å². The largest absolute Gasteiger partial charge is 0.389 e. The Balaban J connectivity index is 1.57. The highest BCUT2D eigenvalue weighted by molar-refractivity contribution is 5.25. The molecule has 0 radical (unpaired) electrons. The Bertz CT molecular complexity index is 363. The van der Waals surface area contributed by atoms with Crippen molar-refractivity contribution < 1.29 is 9.84 Å². The molecule has 1 saturated carbocycles. The highest BCUT2D eigenvalue weighted by atomic mass is 16.5. The van der Waals surface area contributed by atoms with Crippen molar-refractivity contribution in [1.29, 1.82) is 0 Å². The van der Waals surface area contributed by atoms with Crippen LogP contribution in [0.2, 0.25) is 0 Å². The number of ether oxygens (including phenoxy) is 1. The van der Waals surface area contributed by atoms with Crippen LogP contribution in [0.5, 0.6) is 0 Å². The zero-order valence-corrected chi connectivity index (χ0v) is 11.1. The molecule has 0 aliphatic heterocycles. The highest BCUT2D eigenvalue weighted by Gasteiger charge is 2.21. The zero-order chi connectivity index (χ0) is 12.8. The number of hydrogen-bond donors (Lipinski definition) is 2. The van der Waals surface area contributed by atoms with Gasteiger partial charge in [-0.2, -0.15) is 0 Å². The number of aliphatic hydroxyl groups excluding tert-OH is 1. The lowest BCUT2D eigenvalue weighted by atomic mass is 10.1. The van der Waals surface area contributed by atoms with Gasteiger partial charge >= 0.3 is 0 Å². The molecule has 100 valence electrons. The summed E-state index contributed by atoms with van der Waals surface area (Å²) >= 11 is 0. The Morgan fingerprint density at radius 2 is 2.17 bits per heavy atom. The molecule has 1 fully saturated rings. The van der Waals surface area contributed by atoms with E-state index in [0.29, 0.717) is 13.2 Å². The molecule has 3 nitrogen and oxygen atoms in total. The van der Waals surface area contributed by atoms with Gasteiger partial charge in [0.05, 0.1) is 12.7 Å². The van der Waals surface area contributed by atoms with Crippen LogP contribution in [0.3, 0.4) is 0 Å². The van der Waals surface area contributed by atoms with E-state index in [9.17, 15) is 5.11 Å². The summed E-state index contributed by atoms with van der Waals surface area (Å²) in [5.74, 6) is 0.761. The molecule has 2 N–H and O–H groups in total. The van der Waals surface area contributed by atoms with E-state index < -0.39 is 6.10 Å². The van der Waals surface area contributed by atoms with Crippen molar-refractivity contribution in [2.24, 2.45) is 5.92 Å². The van der Waals surface area contributed by atoms with Gasteiger partial charge in [0.1, 0.15) is 0 Å². The van der Waals surface area contributed by atoms with E-state index in [1.165, 1.54) is 24.0 Å². The Labute approximate surface area is 109 Å². The van der Waals surface area contributed by atoms with Gasteiger partial charge in [0.25, 0.3) is 0 Å². The van der Waals surface area contributed by atoms with Gasteiger partial charge in [0, 0.05) is 19.7 Å². The minimum absolute atomic E-state index is 0.409. The maximum atomic E-state index is 9.74. The van der Waals surface area contributed by atoms with Gasteiger partial charge in [-0.1, -0.05) is 24.3 Å². The fourth-order valence-corrected chi connectivity index (χ4v) is 1.90. The Hall–Kier alpha value is -0.900. The minimum Gasteiger partial charge on any atom is -0.389 e. The molecule has 1 aliphatic rings. The third kappa shape index (κ3) is 4.77. The molecule has 0 saturated heterocycles. The third-order valence-electron chi connectivity index (χ3n) is 3.32. The third-order valence-corrected chi connectivity index (χ3v) is 3.32. The van der Waals surface area contributed by atoms with Crippen molar-refractivity contribution in [2.75, 3.05) is 19.8 Å². The van der Waals surface area contributed by atoms with E-state index in [1.54, 1.807) is 0 Å². The molecule has 0 aromatic heterocycles. The number of benzene rings is 1. The van der Waals surface area contributed by atoms with Crippen LogP contribution in [-0.2, 0) is 11.3 Å². The maximum absolute atomic E-state index is 9.74. The molecule has 2 rings (SSSR count). The van der Waals surface area contributed by atoms with Gasteiger partial charge in [-0.25, -0.2) is 0 Å². The second kappa shape index (κ2) is 6.88. The van der Waals surface area contributed by atoms with Gasteiger partial charge in [0.2, 0.25) is 0 Å². The molecular weight excluding hydrogens is 226 g/mol. The average Bonchev–Trinajstić information content (AvgIpc) is 3.16. The first-order valence-corrected chi connectivity index (χ1v) is 6.76. The van der Waals surface area contributed by atoms with E-state index in [2.05, 4.69) is 24.4 Å². The van der Waals surface area contributed by atoms with Crippen molar-refractivity contribution in [3.05, 3.63) is 35.4 Å². The SMILES string of the molecule is Cc1ccccc1CNCC(O)COCC1CC1. The van der Waals surface area contributed by atoms with E-state index in [-0.39, 0.29) is 0 Å². The first kappa shape index (κ1) is 13.5. The summed E-state index contributed by atoms with van der Waals surface area (Å²) in [5, 5.41) is 13.0. The predicted molar refractivity (Wildman–Crippen MR) is 72.4 cm³/mol. The number of hydrogen-bond acceptors (Lipinski definition) is 3. The van der Waals surface area contributed by atoms with Crippen molar-refractivity contribution in [1.82, 2.24) is 5.32 Å². The van der Waals surface area contributed by atoms with Crippen LogP contribution in [0.1, 0.15) is 24.0 Å². The second-order valence-electron chi connectivity index (χ2n) is 5.19. The topological polar surface area (TPSA) is 41.5 Å². The molecule has 1 atom stereocenters. The van der Waals surface area contributed by atoms with E-state index in [1.807, 2.05) is 12.1 Å². The Morgan fingerprint density at radius 1 is 1.39 bits per heavy atom. The van der Waals surface area contributed by atoms with Crippen molar-refractivity contribution in [3.8, 4) is 0 Å². The molecule has 1 aromatic carbocycles. The second-order valence-corrected chi connectivity index (χ2v) is 5.19. The molecule has 18 heavy (non-hydrogen) atoms. The van der Waals surface area contributed by atoms with Crippen molar-refractivity contribution in [3.63, 3.8) is 0 Å². The van der Waals surface area contributed by atoms with Crippen LogP contribution < -0.4 is 5.32 Å². The first-order valence-electron chi connectivity index (χ1n) is 6.76. The molecule has 1 unspecified atom stereocenters. The normalized spacial score (nSPS) is 16.8. The standard InChI is InChI=1S/C15H23NO2/c1-12-4-2-3-5-14(12)8-16-9-15(17)11-18-10-13-6-7-13/h2-5,13,15-17H,6-11H2,1H3. The molecule has 0 heterocycles. The average molecular weight is 249 g/mol. The minimum atomic E-state index is -0.409. The molecule has 0 amide bonds. The number of rotatable bonds is 8. The first-order chi connectivity index (χ1) is 8.75. The lowest BCUT2D eigenvalue weighted by Crippen LogP contribution is -2.30. The van der Waals surface area contributed by atoms with Crippen molar-refractivity contribution in [2.45, 2.75) is 32.4 Å². The summed E-state index contributed by atoms with van der Waals surface area (Å²) < 4.78 is 5.46. The lowest BCUT2D eigenvalue weighted by molar-refractivity contribution is 0.0324. The smallest absolute Gasteiger partial charge is 0.0897 e. The summed E-state index contributed by atoms with van der Waals surface area (Å²) in [6.07, 6.45) is 2.18. The summed E-state index contributed by atoms with van der Waals surface area (Å²) in [5.41, 5.74) is 2.56. The molecule has 1 aliphatic carbocycles. The van der Waals surface area contributed by atoms with Crippen LogP contribution in [0.25, 0.3) is 0 Å². The molecule has 1 aromatic rings. The van der Waals surface area contributed by atoms with E-state index in [4.69, 9.17) is 4.74 Å². The monoisotopic (exact) mass is 249 g/mol. The van der Waals surface area contributed by atoms with Gasteiger partial charge < -0.3 is 15.2 Å². The van der Waals surface area contributed by atoms with Gasteiger partial charge in [-0.3, -0.25) is 0 Å². The van der Waals surface area contributed by atoms with Crippen molar-refractivity contribution >= 4 is 0 Å². The summed E-state index contributed by atoms with van der Waals surface area (Å²) in [7, 11) is 0. The molecule has 3 heteroatoms. The predicted octanol–water partition coefficient (Wildman–Crippen LogP) is 1.87. The fraction of sp³-hybridized carbons (Fsp3) is 0.600. The summed E-state index contributed by atoms with van der Waals surface area (Å²) in [4.78, 5) is 0. The fourth-order valence-electron chi connectivity index (χ4n) is 1.90. The van der Waals surface area contributed by atoms with Gasteiger partial charge in [-0.15, -0.1) is 0 Å². The lowest BCUT2D eigenvalue weighted by Gasteiger charge is -2.13. The Kier molecular flexibility index (Phi) is 5.17. The van der Waals surface area contributed by atoms with Gasteiger partial charge in [-0.05, 0) is 36.8 Å². The Morgan fingerprint density at radius 3 is 2.89 bits per heavy atom. The number of aliphatic hydroxyl groups is 1.